The van der Waals surface area contributed by atoms with Crippen LogP contribution in [0.25, 0.3) is 0 Å². The van der Waals surface area contributed by atoms with Gasteiger partial charge in [-0.2, -0.15) is 0 Å². The number of esters is 2. The van der Waals surface area contributed by atoms with Gasteiger partial charge in [0, 0.05) is 22.1 Å². The third kappa shape index (κ3) is 2.19. The van der Waals surface area contributed by atoms with Gasteiger partial charge in [-0.25, -0.2) is 0 Å². The van der Waals surface area contributed by atoms with Gasteiger partial charge in [-0.15, -0.1) is 6.58 Å². The summed E-state index contributed by atoms with van der Waals surface area (Å²) >= 11 is 3.51. The number of nitrogens with one attached hydrogen (secondary N) is 1. The fourth-order valence-electron chi connectivity index (χ4n) is 4.33. The van der Waals surface area contributed by atoms with Crippen molar-refractivity contribution in [3.63, 3.8) is 0 Å². The topological polar surface area (TPSA) is 64.6 Å². The summed E-state index contributed by atoms with van der Waals surface area (Å²) in [6.07, 6.45) is 2.52. The van der Waals surface area contributed by atoms with Crippen molar-refractivity contribution in [2.24, 2.45) is 11.3 Å². The summed E-state index contributed by atoms with van der Waals surface area (Å²) in [5.41, 5.74) is 0.434. The van der Waals surface area contributed by atoms with Crippen LogP contribution in [0.2, 0.25) is 0 Å². The van der Waals surface area contributed by atoms with Gasteiger partial charge in [0.1, 0.15) is 0 Å². The summed E-state index contributed by atoms with van der Waals surface area (Å²) in [6.45, 7) is 4.59. The van der Waals surface area contributed by atoms with Crippen LogP contribution in [0.4, 0.5) is 5.69 Å². The highest BCUT2D eigenvalue weighted by Gasteiger charge is 2.64. The summed E-state index contributed by atoms with van der Waals surface area (Å²) in [5, 5.41) is 3.40. The first-order valence-corrected chi connectivity index (χ1v) is 8.56. The number of rotatable bonds is 3. The lowest BCUT2D eigenvalue weighted by Crippen LogP contribution is -2.41. The molecule has 128 valence electrons. The fourth-order valence-corrected chi connectivity index (χ4v) is 4.69. The predicted molar refractivity (Wildman–Crippen MR) is 93.7 cm³/mol. The molecule has 0 amide bonds. The average molecular weight is 394 g/mol. The molecule has 2 atom stereocenters. The van der Waals surface area contributed by atoms with Crippen molar-refractivity contribution in [2.75, 3.05) is 26.1 Å². The van der Waals surface area contributed by atoms with Gasteiger partial charge < -0.3 is 14.8 Å². The fraction of sp³-hybridized carbons (Fsp3) is 0.444. The Morgan fingerprint density at radius 1 is 1.33 bits per heavy atom. The Kier molecular flexibility index (Phi) is 4.20. The molecular weight excluding hydrogens is 374 g/mol. The van der Waals surface area contributed by atoms with Crippen molar-refractivity contribution in [1.82, 2.24) is 0 Å². The highest BCUT2D eigenvalue weighted by atomic mass is 79.9. The summed E-state index contributed by atoms with van der Waals surface area (Å²) in [6, 6.07) is 6.03. The van der Waals surface area contributed by atoms with E-state index in [0.29, 0.717) is 19.4 Å². The van der Waals surface area contributed by atoms with Crippen LogP contribution in [0.1, 0.15) is 18.4 Å². The molecule has 0 bridgehead atoms. The second kappa shape index (κ2) is 5.92. The summed E-state index contributed by atoms with van der Waals surface area (Å²) < 4.78 is 10.9. The molecule has 1 aromatic carbocycles. The molecule has 1 heterocycles. The van der Waals surface area contributed by atoms with Crippen molar-refractivity contribution < 1.29 is 19.1 Å². The van der Waals surface area contributed by atoms with E-state index in [0.717, 1.165) is 15.7 Å². The number of halogens is 1. The number of hydrogen-bond donors (Lipinski definition) is 1. The second-order valence-corrected chi connectivity index (χ2v) is 7.40. The van der Waals surface area contributed by atoms with Crippen molar-refractivity contribution in [3.8, 4) is 0 Å². The Hall–Kier alpha value is -1.82. The Labute approximate surface area is 149 Å². The highest BCUT2D eigenvalue weighted by molar-refractivity contribution is 9.10. The second-order valence-electron chi connectivity index (χ2n) is 6.49. The molecular formula is C18H20BrNO4. The van der Waals surface area contributed by atoms with Crippen molar-refractivity contribution in [2.45, 2.75) is 18.3 Å². The number of methoxy groups -OCH3 is 2. The van der Waals surface area contributed by atoms with Gasteiger partial charge in [-0.05, 0) is 42.5 Å². The van der Waals surface area contributed by atoms with Crippen molar-refractivity contribution in [1.29, 1.82) is 0 Å². The van der Waals surface area contributed by atoms with Crippen LogP contribution in [0.5, 0.6) is 0 Å². The number of allylic oxidation sites excluding steroid dienone is 1. The van der Waals surface area contributed by atoms with E-state index in [4.69, 9.17) is 9.47 Å². The molecule has 1 spiro atoms. The van der Waals surface area contributed by atoms with Crippen LogP contribution in [0, 0.1) is 11.3 Å². The lowest BCUT2D eigenvalue weighted by molar-refractivity contribution is -0.169. The molecule has 0 aromatic heterocycles. The number of anilines is 1. The monoisotopic (exact) mass is 393 g/mol. The van der Waals surface area contributed by atoms with Gasteiger partial charge in [0.25, 0.3) is 0 Å². The predicted octanol–water partition coefficient (Wildman–Crippen LogP) is 3.04. The van der Waals surface area contributed by atoms with E-state index in [9.17, 15) is 9.59 Å². The highest BCUT2D eigenvalue weighted by Crippen LogP contribution is 2.59. The number of fused-ring (bicyclic) bond motifs is 2. The van der Waals surface area contributed by atoms with Gasteiger partial charge in [0.2, 0.25) is 0 Å². The third-order valence-electron chi connectivity index (χ3n) is 5.44. The lowest BCUT2D eigenvalue weighted by atomic mass is 9.72. The Bertz CT molecular complexity index is 701. The maximum absolute atomic E-state index is 12.5. The minimum atomic E-state index is -1.30. The van der Waals surface area contributed by atoms with E-state index in [1.54, 1.807) is 0 Å². The zero-order chi connectivity index (χ0) is 17.5. The molecule has 1 saturated carbocycles. The van der Waals surface area contributed by atoms with E-state index < -0.39 is 17.4 Å². The van der Waals surface area contributed by atoms with Gasteiger partial charge in [-0.3, -0.25) is 9.59 Å². The zero-order valence-corrected chi connectivity index (χ0v) is 15.3. The first-order chi connectivity index (χ1) is 11.4. The molecule has 0 saturated heterocycles. The largest absolute Gasteiger partial charge is 0.468 e. The third-order valence-corrected chi connectivity index (χ3v) is 5.94. The van der Waals surface area contributed by atoms with Crippen LogP contribution < -0.4 is 5.32 Å². The average Bonchev–Trinajstić information content (AvgIpc) is 3.13. The molecule has 1 aliphatic carbocycles. The van der Waals surface area contributed by atoms with Crippen LogP contribution in [0.3, 0.4) is 0 Å². The SMILES string of the molecule is C=C[C@@H]1CC(C(=O)OC)(C(=O)OC)C[C@@]12CNc1ccc(Br)cc12. The van der Waals surface area contributed by atoms with E-state index in [1.165, 1.54) is 14.2 Å². The number of carbonyl (C=O) groups is 2. The van der Waals surface area contributed by atoms with E-state index in [2.05, 4.69) is 33.9 Å². The molecule has 3 rings (SSSR count). The number of carbonyl (C=O) groups excluding carboxylic acids is 2. The Morgan fingerprint density at radius 2 is 2.00 bits per heavy atom. The molecule has 1 aromatic rings. The minimum absolute atomic E-state index is 0.0428. The van der Waals surface area contributed by atoms with Gasteiger partial charge >= 0.3 is 11.9 Å². The summed E-state index contributed by atoms with van der Waals surface area (Å²) in [4.78, 5) is 25.1. The summed E-state index contributed by atoms with van der Waals surface area (Å²) in [7, 11) is 2.61. The zero-order valence-electron chi connectivity index (χ0n) is 13.7. The normalized spacial score (nSPS) is 26.5. The van der Waals surface area contributed by atoms with Crippen molar-refractivity contribution >= 4 is 33.6 Å². The minimum Gasteiger partial charge on any atom is -0.468 e. The summed E-state index contributed by atoms with van der Waals surface area (Å²) in [5.74, 6) is -1.12. The van der Waals surface area contributed by atoms with Crippen LogP contribution in [-0.4, -0.2) is 32.7 Å². The molecule has 0 radical (unpaired) electrons. The number of hydrogen-bond acceptors (Lipinski definition) is 5. The molecule has 2 aliphatic rings. The maximum Gasteiger partial charge on any atom is 0.323 e. The standard InChI is InChI=1S/C18H20BrNO4/c1-4-11-8-17(15(21)23-2,16(22)24-3)9-18(11)10-20-14-6-5-12(19)7-13(14)18/h4-7,11,20H,1,8-10H2,2-3H3/t11-,18-/m1/s1. The van der Waals surface area contributed by atoms with Crippen molar-refractivity contribution in [3.05, 3.63) is 40.9 Å². The Morgan fingerprint density at radius 3 is 2.58 bits per heavy atom. The first-order valence-electron chi connectivity index (χ1n) is 7.77. The number of benzene rings is 1. The molecule has 24 heavy (non-hydrogen) atoms. The van der Waals surface area contributed by atoms with Crippen LogP contribution in [-0.2, 0) is 24.5 Å². The molecule has 1 fully saturated rings. The molecule has 1 N–H and O–H groups in total. The van der Waals surface area contributed by atoms with E-state index in [-0.39, 0.29) is 11.3 Å². The van der Waals surface area contributed by atoms with Gasteiger partial charge in [0.05, 0.1) is 14.2 Å². The molecule has 5 nitrogen and oxygen atoms in total. The molecule has 6 heteroatoms. The smallest absolute Gasteiger partial charge is 0.323 e. The first kappa shape index (κ1) is 17.0. The van der Waals surface area contributed by atoms with E-state index >= 15 is 0 Å². The van der Waals surface area contributed by atoms with Gasteiger partial charge in [-0.1, -0.05) is 22.0 Å². The molecule has 1 aliphatic heterocycles. The quantitative estimate of drug-likeness (QED) is 0.485. The maximum atomic E-state index is 12.5. The van der Waals surface area contributed by atoms with E-state index in [1.807, 2.05) is 18.2 Å². The van der Waals surface area contributed by atoms with Crippen LogP contribution >= 0.6 is 15.9 Å². The Balaban J connectivity index is 2.15. The van der Waals surface area contributed by atoms with Crippen LogP contribution in [0.15, 0.2) is 35.3 Å². The number of ether oxygens (including phenoxy) is 2. The molecule has 0 unspecified atom stereocenters. The lowest BCUT2D eigenvalue weighted by Gasteiger charge is -2.30. The van der Waals surface area contributed by atoms with Gasteiger partial charge in [0.15, 0.2) is 5.41 Å².